The van der Waals surface area contributed by atoms with Crippen molar-refractivity contribution in [3.63, 3.8) is 0 Å². The van der Waals surface area contributed by atoms with Crippen molar-refractivity contribution in [2.75, 3.05) is 31.1 Å². The molecule has 0 radical (unpaired) electrons. The van der Waals surface area contributed by atoms with Crippen LogP contribution in [0.5, 0.6) is 0 Å². The number of anilines is 1. The van der Waals surface area contributed by atoms with Gasteiger partial charge in [-0.3, -0.25) is 0 Å². The quantitative estimate of drug-likeness (QED) is 0.343. The lowest BCUT2D eigenvalue weighted by atomic mass is 9.83. The third-order valence-electron chi connectivity index (χ3n) is 6.05. The van der Waals surface area contributed by atoms with E-state index in [1.165, 1.54) is 44.9 Å². The van der Waals surface area contributed by atoms with Gasteiger partial charge in [-0.15, -0.1) is 24.0 Å². The van der Waals surface area contributed by atoms with E-state index in [9.17, 15) is 0 Å². The van der Waals surface area contributed by atoms with Gasteiger partial charge in [0.1, 0.15) is 5.82 Å². The zero-order valence-corrected chi connectivity index (χ0v) is 19.3. The fraction of sp³-hybridized carbons (Fsp3) is 0.714. The summed E-state index contributed by atoms with van der Waals surface area (Å²) in [5, 5.41) is 6.98. The Morgan fingerprint density at radius 3 is 2.44 bits per heavy atom. The van der Waals surface area contributed by atoms with Gasteiger partial charge >= 0.3 is 0 Å². The second-order valence-corrected chi connectivity index (χ2v) is 7.83. The molecule has 6 heteroatoms. The van der Waals surface area contributed by atoms with Crippen molar-refractivity contribution in [2.24, 2.45) is 10.4 Å². The van der Waals surface area contributed by atoms with E-state index in [0.717, 1.165) is 43.5 Å². The van der Waals surface area contributed by atoms with Gasteiger partial charge < -0.3 is 15.5 Å². The van der Waals surface area contributed by atoms with Gasteiger partial charge in [0, 0.05) is 32.4 Å². The molecule has 152 valence electrons. The van der Waals surface area contributed by atoms with Crippen molar-refractivity contribution in [3.05, 3.63) is 23.9 Å². The molecule has 3 rings (SSSR count). The van der Waals surface area contributed by atoms with E-state index in [4.69, 9.17) is 4.99 Å². The molecule has 1 aromatic rings. The van der Waals surface area contributed by atoms with E-state index in [0.29, 0.717) is 12.0 Å². The predicted molar refractivity (Wildman–Crippen MR) is 125 cm³/mol. The van der Waals surface area contributed by atoms with Crippen molar-refractivity contribution in [1.29, 1.82) is 0 Å². The number of aromatic nitrogens is 1. The minimum atomic E-state index is 0. The number of hydrogen-bond donors (Lipinski definition) is 2. The average Bonchev–Trinajstić information content (AvgIpc) is 3.37. The molecule has 0 atom stereocenters. The molecule has 5 nitrogen and oxygen atoms in total. The first-order valence-corrected chi connectivity index (χ1v) is 10.5. The van der Waals surface area contributed by atoms with Crippen molar-refractivity contribution in [2.45, 2.75) is 65.3 Å². The second-order valence-electron chi connectivity index (χ2n) is 7.83. The Hall–Kier alpha value is -1.05. The number of aliphatic imine (C=N–C) groups is 1. The summed E-state index contributed by atoms with van der Waals surface area (Å²) in [6.45, 7) is 9.30. The number of halogens is 1. The van der Waals surface area contributed by atoms with E-state index >= 15 is 0 Å². The Balaban J connectivity index is 0.00000261. The van der Waals surface area contributed by atoms with Gasteiger partial charge in [-0.1, -0.05) is 25.8 Å². The standard InChI is InChI=1S/C21H35N5.HI/c1-3-21(11-5-6-12-21)17-25-20(22-4-2)24-16-18-9-10-19(23-15-18)26-13-7-8-14-26;/h9-10,15H,3-8,11-14,16-17H2,1-2H3,(H2,22,24,25);1H. The molecule has 0 spiro atoms. The number of hydrogen-bond acceptors (Lipinski definition) is 3. The maximum atomic E-state index is 4.78. The Labute approximate surface area is 181 Å². The maximum absolute atomic E-state index is 4.78. The Morgan fingerprint density at radius 2 is 1.85 bits per heavy atom. The lowest BCUT2D eigenvalue weighted by Gasteiger charge is -2.28. The van der Waals surface area contributed by atoms with Gasteiger partial charge in [0.05, 0.1) is 6.54 Å². The topological polar surface area (TPSA) is 52.6 Å². The first kappa shape index (κ1) is 22.2. The molecule has 2 N–H and O–H groups in total. The van der Waals surface area contributed by atoms with Crippen LogP contribution >= 0.6 is 24.0 Å². The molecule has 0 bridgehead atoms. The van der Waals surface area contributed by atoms with Crippen molar-refractivity contribution in [1.82, 2.24) is 15.6 Å². The van der Waals surface area contributed by atoms with E-state index < -0.39 is 0 Å². The van der Waals surface area contributed by atoms with Crippen LogP contribution in [0.4, 0.5) is 5.82 Å². The van der Waals surface area contributed by atoms with Gasteiger partial charge in [0.2, 0.25) is 0 Å². The molecule has 1 aliphatic carbocycles. The highest BCUT2D eigenvalue weighted by atomic mass is 127. The number of rotatable bonds is 7. The molecule has 27 heavy (non-hydrogen) atoms. The second kappa shape index (κ2) is 11.1. The monoisotopic (exact) mass is 485 g/mol. The summed E-state index contributed by atoms with van der Waals surface area (Å²) in [6.07, 6.45) is 11.2. The fourth-order valence-electron chi connectivity index (χ4n) is 4.21. The van der Waals surface area contributed by atoms with Crippen LogP contribution in [0.3, 0.4) is 0 Å². The van der Waals surface area contributed by atoms with Crippen molar-refractivity contribution >= 4 is 35.8 Å². The highest BCUT2D eigenvalue weighted by molar-refractivity contribution is 14.0. The van der Waals surface area contributed by atoms with Crippen molar-refractivity contribution in [3.8, 4) is 0 Å². The number of pyridine rings is 1. The molecule has 1 saturated carbocycles. The highest BCUT2D eigenvalue weighted by Gasteiger charge is 2.31. The smallest absolute Gasteiger partial charge is 0.191 e. The molecule has 0 amide bonds. The Bertz CT molecular complexity index is 575. The number of nitrogens with one attached hydrogen (secondary N) is 2. The molecule has 0 aromatic carbocycles. The Kier molecular flexibility index (Phi) is 9.12. The van der Waals surface area contributed by atoms with Gasteiger partial charge in [-0.2, -0.15) is 0 Å². The van der Waals surface area contributed by atoms with Crippen LogP contribution in [-0.2, 0) is 6.54 Å². The minimum absolute atomic E-state index is 0. The molecule has 2 fully saturated rings. The number of guanidine groups is 1. The van der Waals surface area contributed by atoms with Crippen LogP contribution in [0, 0.1) is 5.41 Å². The highest BCUT2D eigenvalue weighted by Crippen LogP contribution is 2.40. The molecular weight excluding hydrogens is 449 g/mol. The summed E-state index contributed by atoms with van der Waals surface area (Å²) in [5.74, 6) is 2.03. The molecule has 1 saturated heterocycles. The summed E-state index contributed by atoms with van der Waals surface area (Å²) in [7, 11) is 0. The summed E-state index contributed by atoms with van der Waals surface area (Å²) in [4.78, 5) is 11.8. The first-order valence-electron chi connectivity index (χ1n) is 10.5. The van der Waals surface area contributed by atoms with Crippen LogP contribution in [-0.4, -0.2) is 37.1 Å². The zero-order valence-electron chi connectivity index (χ0n) is 17.0. The molecule has 1 aromatic heterocycles. The third-order valence-corrected chi connectivity index (χ3v) is 6.05. The van der Waals surface area contributed by atoms with E-state index in [2.05, 4.69) is 46.5 Å². The van der Waals surface area contributed by atoms with Crippen molar-refractivity contribution < 1.29 is 0 Å². The third kappa shape index (κ3) is 6.22. The molecule has 1 aliphatic heterocycles. The summed E-state index contributed by atoms with van der Waals surface area (Å²) in [5.41, 5.74) is 1.63. The van der Waals surface area contributed by atoms with Crippen LogP contribution in [0.15, 0.2) is 23.3 Å². The van der Waals surface area contributed by atoms with Crippen LogP contribution in [0.1, 0.15) is 64.4 Å². The minimum Gasteiger partial charge on any atom is -0.357 e. The largest absolute Gasteiger partial charge is 0.357 e. The molecule has 2 aliphatic rings. The summed E-state index contributed by atoms with van der Waals surface area (Å²) in [6, 6.07) is 4.30. The predicted octanol–water partition coefficient (Wildman–Crippen LogP) is 4.33. The molecular formula is C21H36IN5. The zero-order chi connectivity index (χ0) is 18.2. The lowest BCUT2D eigenvalue weighted by Crippen LogP contribution is -2.42. The summed E-state index contributed by atoms with van der Waals surface area (Å²) >= 11 is 0. The van der Waals surface area contributed by atoms with Gasteiger partial charge in [-0.25, -0.2) is 9.98 Å². The fourth-order valence-corrected chi connectivity index (χ4v) is 4.21. The maximum Gasteiger partial charge on any atom is 0.191 e. The van der Waals surface area contributed by atoms with Crippen LogP contribution in [0.2, 0.25) is 0 Å². The lowest BCUT2D eigenvalue weighted by molar-refractivity contribution is 0.283. The van der Waals surface area contributed by atoms with E-state index in [1.807, 2.05) is 6.20 Å². The van der Waals surface area contributed by atoms with Gasteiger partial charge in [0.25, 0.3) is 0 Å². The molecule has 0 unspecified atom stereocenters. The number of nitrogens with zero attached hydrogens (tertiary/aromatic N) is 3. The Morgan fingerprint density at radius 1 is 1.11 bits per heavy atom. The average molecular weight is 485 g/mol. The van der Waals surface area contributed by atoms with Gasteiger partial charge in [-0.05, 0) is 56.1 Å². The normalized spacial score (nSPS) is 19.0. The first-order chi connectivity index (χ1) is 12.7. The summed E-state index contributed by atoms with van der Waals surface area (Å²) < 4.78 is 0. The van der Waals surface area contributed by atoms with E-state index in [1.54, 1.807) is 0 Å². The molecule has 2 heterocycles. The van der Waals surface area contributed by atoms with Crippen LogP contribution < -0.4 is 15.5 Å². The van der Waals surface area contributed by atoms with Gasteiger partial charge in [0.15, 0.2) is 5.96 Å². The SMILES string of the molecule is CCNC(=NCc1ccc(N2CCCC2)nc1)NCC1(CC)CCCC1.I. The van der Waals surface area contributed by atoms with Crippen LogP contribution in [0.25, 0.3) is 0 Å². The van der Waals surface area contributed by atoms with E-state index in [-0.39, 0.29) is 24.0 Å².